The van der Waals surface area contributed by atoms with Crippen LogP contribution in [0.5, 0.6) is 0 Å². The first-order valence-electron chi connectivity index (χ1n) is 3.74. The molecule has 1 aliphatic rings. The molecule has 0 aromatic rings. The molecule has 0 bridgehead atoms. The van der Waals surface area contributed by atoms with Crippen LogP contribution in [0, 0.1) is 11.3 Å². The van der Waals surface area contributed by atoms with Gasteiger partial charge in [0.1, 0.15) is 0 Å². The zero-order valence-electron chi connectivity index (χ0n) is 7.01. The van der Waals surface area contributed by atoms with E-state index < -0.39 is 5.92 Å². The lowest BCUT2D eigenvalue weighted by Crippen LogP contribution is -2.49. The molecule has 0 aromatic heterocycles. The summed E-state index contributed by atoms with van der Waals surface area (Å²) in [5, 5.41) is 0. The Morgan fingerprint density at radius 2 is 1.82 bits per heavy atom. The van der Waals surface area contributed by atoms with E-state index >= 15 is 0 Å². The fraction of sp³-hybridized carbons (Fsp3) is 0.750. The van der Waals surface area contributed by atoms with Crippen molar-refractivity contribution in [3.05, 3.63) is 0 Å². The van der Waals surface area contributed by atoms with Crippen LogP contribution in [0.1, 0.15) is 27.2 Å². The molecule has 1 aliphatic heterocycles. The van der Waals surface area contributed by atoms with Gasteiger partial charge in [0.05, 0.1) is 0 Å². The lowest BCUT2D eigenvalue weighted by Gasteiger charge is -2.34. The highest BCUT2D eigenvalue weighted by Crippen LogP contribution is 2.37. The minimum absolute atomic E-state index is 0.244. The van der Waals surface area contributed by atoms with Gasteiger partial charge in [-0.05, 0) is 11.8 Å². The van der Waals surface area contributed by atoms with Crippen LogP contribution in [0.2, 0.25) is 0 Å². The Hall–Kier alpha value is -0.860. The molecule has 1 saturated heterocycles. The predicted octanol–water partition coefficient (Wildman–Crippen LogP) is 1.12. The molecule has 0 aliphatic carbocycles. The first kappa shape index (κ1) is 8.24. The van der Waals surface area contributed by atoms with Crippen molar-refractivity contribution in [1.82, 2.24) is 0 Å². The van der Waals surface area contributed by atoms with Crippen molar-refractivity contribution in [2.75, 3.05) is 0 Å². The average Bonchev–Trinajstić information content (AvgIpc) is 1.86. The highest BCUT2D eigenvalue weighted by atomic mass is 16.6. The Morgan fingerprint density at radius 1 is 1.36 bits per heavy atom. The number of hydrogen-bond acceptors (Lipinski definition) is 3. The standard InChI is InChI=1S/C8H12O3/c1-4-8(2,3)5-6(9)11-7(5)10/h5H,4H2,1-3H3. The molecule has 62 valence electrons. The van der Waals surface area contributed by atoms with Gasteiger partial charge in [-0.1, -0.05) is 20.8 Å². The number of carbonyl (C=O) groups excluding carboxylic acids is 2. The zero-order chi connectivity index (χ0) is 8.65. The van der Waals surface area contributed by atoms with E-state index in [1.54, 1.807) is 0 Å². The topological polar surface area (TPSA) is 43.4 Å². The van der Waals surface area contributed by atoms with E-state index in [0.29, 0.717) is 0 Å². The van der Waals surface area contributed by atoms with E-state index in [2.05, 4.69) is 4.74 Å². The van der Waals surface area contributed by atoms with E-state index in [-0.39, 0.29) is 17.4 Å². The van der Waals surface area contributed by atoms with Gasteiger partial charge < -0.3 is 4.74 Å². The Bertz CT molecular complexity index is 191. The zero-order valence-corrected chi connectivity index (χ0v) is 7.01. The fourth-order valence-corrected chi connectivity index (χ4v) is 1.10. The van der Waals surface area contributed by atoms with Gasteiger partial charge in [0.2, 0.25) is 0 Å². The van der Waals surface area contributed by atoms with Gasteiger partial charge in [-0.3, -0.25) is 9.59 Å². The van der Waals surface area contributed by atoms with Crippen LogP contribution < -0.4 is 0 Å². The number of rotatable bonds is 2. The van der Waals surface area contributed by atoms with Crippen LogP contribution >= 0.6 is 0 Å². The van der Waals surface area contributed by atoms with E-state index in [0.717, 1.165) is 6.42 Å². The number of carbonyl (C=O) groups is 2. The van der Waals surface area contributed by atoms with Crippen LogP contribution in [0.3, 0.4) is 0 Å². The Labute approximate surface area is 65.7 Å². The van der Waals surface area contributed by atoms with Crippen LogP contribution in [0.25, 0.3) is 0 Å². The Morgan fingerprint density at radius 3 is 2.00 bits per heavy atom. The van der Waals surface area contributed by atoms with E-state index in [9.17, 15) is 9.59 Å². The second kappa shape index (κ2) is 2.32. The number of ether oxygens (including phenoxy) is 1. The van der Waals surface area contributed by atoms with Crippen LogP contribution in [-0.4, -0.2) is 11.9 Å². The fourth-order valence-electron chi connectivity index (χ4n) is 1.10. The maximum atomic E-state index is 10.8. The monoisotopic (exact) mass is 156 g/mol. The molecule has 0 N–H and O–H groups in total. The third-order valence-corrected chi connectivity index (χ3v) is 2.37. The maximum Gasteiger partial charge on any atom is 0.328 e. The normalized spacial score (nSPS) is 19.5. The molecule has 1 heterocycles. The SMILES string of the molecule is CCC(C)(C)C1C(=O)OC1=O. The van der Waals surface area contributed by atoms with E-state index in [4.69, 9.17) is 0 Å². The molecule has 0 saturated carbocycles. The van der Waals surface area contributed by atoms with Crippen molar-refractivity contribution in [3.63, 3.8) is 0 Å². The lowest BCUT2D eigenvalue weighted by atomic mass is 9.75. The third-order valence-electron chi connectivity index (χ3n) is 2.37. The van der Waals surface area contributed by atoms with Crippen molar-refractivity contribution >= 4 is 11.9 Å². The molecule has 1 fully saturated rings. The molecule has 0 unspecified atom stereocenters. The number of hydrogen-bond donors (Lipinski definition) is 0. The van der Waals surface area contributed by atoms with E-state index in [1.807, 2.05) is 20.8 Å². The van der Waals surface area contributed by atoms with Crippen molar-refractivity contribution in [2.45, 2.75) is 27.2 Å². The highest BCUT2D eigenvalue weighted by Gasteiger charge is 2.50. The smallest absolute Gasteiger partial charge is 0.328 e. The molecule has 0 radical (unpaired) electrons. The average molecular weight is 156 g/mol. The molecule has 11 heavy (non-hydrogen) atoms. The lowest BCUT2D eigenvalue weighted by molar-refractivity contribution is -0.191. The maximum absolute atomic E-state index is 10.8. The second-order valence-corrected chi connectivity index (χ2v) is 3.52. The summed E-state index contributed by atoms with van der Waals surface area (Å²) in [5.41, 5.74) is -0.244. The molecule has 0 aromatic carbocycles. The molecular formula is C8H12O3. The minimum Gasteiger partial charge on any atom is -0.392 e. The Kier molecular flexibility index (Phi) is 1.74. The highest BCUT2D eigenvalue weighted by molar-refractivity contribution is 6.10. The molecular weight excluding hydrogens is 144 g/mol. The summed E-state index contributed by atoms with van der Waals surface area (Å²) in [5.74, 6) is -1.27. The van der Waals surface area contributed by atoms with Crippen molar-refractivity contribution < 1.29 is 14.3 Å². The van der Waals surface area contributed by atoms with Crippen molar-refractivity contribution in [2.24, 2.45) is 11.3 Å². The first-order chi connectivity index (χ1) is 4.99. The summed E-state index contributed by atoms with van der Waals surface area (Å²) in [6, 6.07) is 0. The van der Waals surface area contributed by atoms with Gasteiger partial charge in [0.15, 0.2) is 5.92 Å². The van der Waals surface area contributed by atoms with Gasteiger partial charge >= 0.3 is 11.9 Å². The second-order valence-electron chi connectivity index (χ2n) is 3.52. The van der Waals surface area contributed by atoms with Crippen molar-refractivity contribution in [3.8, 4) is 0 Å². The minimum atomic E-state index is -0.521. The summed E-state index contributed by atoms with van der Waals surface area (Å²) in [6.07, 6.45) is 0.804. The molecule has 0 atom stereocenters. The molecule has 3 nitrogen and oxygen atoms in total. The number of esters is 2. The van der Waals surface area contributed by atoms with Gasteiger partial charge in [0.25, 0.3) is 0 Å². The van der Waals surface area contributed by atoms with Crippen LogP contribution in [0.4, 0.5) is 0 Å². The quantitative estimate of drug-likeness (QED) is 0.444. The summed E-state index contributed by atoms with van der Waals surface area (Å²) < 4.78 is 4.26. The summed E-state index contributed by atoms with van der Waals surface area (Å²) in [7, 11) is 0. The van der Waals surface area contributed by atoms with Gasteiger partial charge in [-0.15, -0.1) is 0 Å². The first-order valence-corrected chi connectivity index (χ1v) is 3.74. The predicted molar refractivity (Wildman–Crippen MR) is 38.7 cm³/mol. The Balaban J connectivity index is 2.74. The third kappa shape index (κ3) is 1.15. The molecule has 0 amide bonds. The molecule has 1 rings (SSSR count). The summed E-state index contributed by atoms with van der Waals surface area (Å²) >= 11 is 0. The van der Waals surface area contributed by atoms with Gasteiger partial charge in [0, 0.05) is 0 Å². The molecule has 3 heteroatoms. The van der Waals surface area contributed by atoms with Crippen LogP contribution in [-0.2, 0) is 14.3 Å². The largest absolute Gasteiger partial charge is 0.392 e. The summed E-state index contributed by atoms with van der Waals surface area (Å²) in [4.78, 5) is 21.6. The summed E-state index contributed by atoms with van der Waals surface area (Å²) in [6.45, 7) is 5.75. The van der Waals surface area contributed by atoms with Gasteiger partial charge in [-0.25, -0.2) is 0 Å². The van der Waals surface area contributed by atoms with Gasteiger partial charge in [-0.2, -0.15) is 0 Å². The number of cyclic esters (lactones) is 2. The van der Waals surface area contributed by atoms with Crippen LogP contribution in [0.15, 0.2) is 0 Å². The van der Waals surface area contributed by atoms with Crippen molar-refractivity contribution in [1.29, 1.82) is 0 Å². The van der Waals surface area contributed by atoms with E-state index in [1.165, 1.54) is 0 Å². The molecule has 0 spiro atoms.